The zero-order valence-corrected chi connectivity index (χ0v) is 26.2. The Balaban J connectivity index is 1.27. The van der Waals surface area contributed by atoms with Crippen molar-refractivity contribution in [3.63, 3.8) is 0 Å². The van der Waals surface area contributed by atoms with Crippen LogP contribution in [0, 0.1) is 35.0 Å². The summed E-state index contributed by atoms with van der Waals surface area (Å²) in [4.78, 5) is 15.6. The quantitative estimate of drug-likeness (QED) is 0.373. The van der Waals surface area contributed by atoms with E-state index in [2.05, 4.69) is 34.6 Å². The minimum Gasteiger partial charge on any atom is -0.445 e. The third kappa shape index (κ3) is 5.18. The number of hydrogen-bond acceptors (Lipinski definition) is 4. The number of nitrogens with zero attached hydrogens (tertiary/aromatic N) is 1. The average molecular weight is 563 g/mol. The number of amides is 1. The Labute approximate surface area is 248 Å². The van der Waals surface area contributed by atoms with Crippen LogP contribution in [0.4, 0.5) is 4.79 Å². The van der Waals surface area contributed by atoms with E-state index in [1.54, 1.807) is 5.57 Å². The molecule has 0 unspecified atom stereocenters. The van der Waals surface area contributed by atoms with Crippen LogP contribution in [0.1, 0.15) is 104 Å². The van der Waals surface area contributed by atoms with E-state index in [1.807, 2.05) is 35.2 Å². The largest absolute Gasteiger partial charge is 0.445 e. The van der Waals surface area contributed by atoms with Crippen molar-refractivity contribution in [2.45, 2.75) is 129 Å². The predicted octanol–water partition coefficient (Wildman–Crippen LogP) is 7.88. The molecular formula is C36H54N2O3. The van der Waals surface area contributed by atoms with Gasteiger partial charge in [-0.25, -0.2) is 4.79 Å². The van der Waals surface area contributed by atoms with Gasteiger partial charge in [0.1, 0.15) is 6.61 Å². The molecule has 5 aliphatic rings. The average Bonchev–Trinajstić information content (AvgIpc) is 3.26. The molecule has 10 atom stereocenters. The Hall–Kier alpha value is -1.85. The molecule has 5 nitrogen and oxygen atoms in total. The standard InChI is InChI=1S/C36H54N2O3/c1-23-18-32-33(38(21-23)34(39)40-22-27-10-7-6-8-11-27)26(4)36(41-32)17-14-28-12-9-13-29-20-30(37)15-16-35(29,5)24(2)19-31(28)25(36)3/h6-8,10-11,23-24,26,28-30,32-33H,9,12-22,37H2,1-5H3/t23-,24+,26+,28+,29+,30+,32+,33-,35+,36-/m0/s1. The zero-order valence-electron chi connectivity index (χ0n) is 26.2. The van der Waals surface area contributed by atoms with Crippen LogP contribution in [0.3, 0.4) is 0 Å². The van der Waals surface area contributed by atoms with Crippen molar-refractivity contribution < 1.29 is 14.3 Å². The maximum Gasteiger partial charge on any atom is 0.410 e. The summed E-state index contributed by atoms with van der Waals surface area (Å²) < 4.78 is 13.1. The van der Waals surface area contributed by atoms with Gasteiger partial charge in [-0.3, -0.25) is 0 Å². The molecule has 1 amide bonds. The first-order valence-electron chi connectivity index (χ1n) is 16.7. The fraction of sp³-hybridized carbons (Fsp3) is 0.750. The monoisotopic (exact) mass is 562 g/mol. The van der Waals surface area contributed by atoms with Crippen LogP contribution in [0.5, 0.6) is 0 Å². The van der Waals surface area contributed by atoms with Crippen molar-refractivity contribution in [3.8, 4) is 0 Å². The molecule has 0 aromatic heterocycles. The highest BCUT2D eigenvalue weighted by atomic mass is 16.6. The second-order valence-corrected chi connectivity index (χ2v) is 15.0. The summed E-state index contributed by atoms with van der Waals surface area (Å²) in [6, 6.07) is 10.5. The molecule has 1 spiro atoms. The van der Waals surface area contributed by atoms with Gasteiger partial charge in [-0.05, 0) is 105 Å². The van der Waals surface area contributed by atoms with E-state index in [9.17, 15) is 4.79 Å². The lowest BCUT2D eigenvalue weighted by molar-refractivity contribution is -0.0637. The number of fused-ring (bicyclic) bond motifs is 3. The summed E-state index contributed by atoms with van der Waals surface area (Å²) in [5, 5.41) is 0. The molecule has 2 saturated carbocycles. The topological polar surface area (TPSA) is 64.8 Å². The molecule has 2 heterocycles. The van der Waals surface area contributed by atoms with Crippen LogP contribution >= 0.6 is 0 Å². The number of hydrogen-bond donors (Lipinski definition) is 1. The van der Waals surface area contributed by atoms with Gasteiger partial charge in [-0.2, -0.15) is 0 Å². The number of piperidine rings is 1. The Morgan fingerprint density at radius 3 is 2.63 bits per heavy atom. The van der Waals surface area contributed by atoms with E-state index < -0.39 is 0 Å². The highest BCUT2D eigenvalue weighted by Gasteiger charge is 2.60. The molecule has 1 aromatic rings. The smallest absolute Gasteiger partial charge is 0.410 e. The van der Waals surface area contributed by atoms with Gasteiger partial charge in [0.15, 0.2) is 0 Å². The number of likely N-dealkylation sites (tertiary alicyclic amines) is 1. The summed E-state index contributed by atoms with van der Waals surface area (Å²) in [7, 11) is 0. The lowest BCUT2D eigenvalue weighted by Gasteiger charge is -2.49. The van der Waals surface area contributed by atoms with Crippen LogP contribution in [-0.2, 0) is 16.1 Å². The van der Waals surface area contributed by atoms with Crippen LogP contribution < -0.4 is 5.73 Å². The maximum atomic E-state index is 13.6. The minimum atomic E-state index is -0.272. The first kappa shape index (κ1) is 29.2. The highest BCUT2D eigenvalue weighted by molar-refractivity contribution is 5.68. The van der Waals surface area contributed by atoms with Crippen LogP contribution in [-0.4, -0.2) is 41.3 Å². The second-order valence-electron chi connectivity index (χ2n) is 15.0. The van der Waals surface area contributed by atoms with Gasteiger partial charge in [-0.1, -0.05) is 70.0 Å². The fourth-order valence-electron chi connectivity index (χ4n) is 10.0. The fourth-order valence-corrected chi connectivity index (χ4v) is 10.0. The maximum absolute atomic E-state index is 13.6. The molecule has 0 radical (unpaired) electrons. The van der Waals surface area contributed by atoms with Crippen molar-refractivity contribution >= 4 is 6.09 Å². The number of allylic oxidation sites excluding steroid dienone is 1. The van der Waals surface area contributed by atoms with E-state index in [-0.39, 0.29) is 29.8 Å². The highest BCUT2D eigenvalue weighted by Crippen LogP contribution is 2.58. The summed E-state index contributed by atoms with van der Waals surface area (Å²) >= 11 is 0. The number of rotatable bonds is 2. The molecule has 41 heavy (non-hydrogen) atoms. The Morgan fingerprint density at radius 2 is 1.85 bits per heavy atom. The van der Waals surface area contributed by atoms with Crippen LogP contribution in [0.15, 0.2) is 41.5 Å². The number of carbonyl (C=O) groups excluding carboxylic acids is 1. The van der Waals surface area contributed by atoms with E-state index in [0.29, 0.717) is 35.8 Å². The normalized spacial score (nSPS) is 42.9. The van der Waals surface area contributed by atoms with Gasteiger partial charge in [0.2, 0.25) is 0 Å². The van der Waals surface area contributed by atoms with E-state index >= 15 is 0 Å². The van der Waals surface area contributed by atoms with Crippen molar-refractivity contribution in [2.24, 2.45) is 40.7 Å². The van der Waals surface area contributed by atoms with Crippen molar-refractivity contribution in [1.29, 1.82) is 0 Å². The molecule has 5 heteroatoms. The third-order valence-electron chi connectivity index (χ3n) is 12.7. The van der Waals surface area contributed by atoms with Crippen molar-refractivity contribution in [2.75, 3.05) is 6.54 Å². The van der Waals surface area contributed by atoms with E-state index in [1.165, 1.54) is 56.9 Å². The summed E-state index contributed by atoms with van der Waals surface area (Å²) in [5.41, 5.74) is 10.8. The Kier molecular flexibility index (Phi) is 8.08. The predicted molar refractivity (Wildman–Crippen MR) is 164 cm³/mol. The van der Waals surface area contributed by atoms with Crippen LogP contribution in [0.2, 0.25) is 0 Å². The molecule has 1 aromatic carbocycles. The molecule has 4 fully saturated rings. The number of ether oxygens (including phenoxy) is 2. The molecule has 226 valence electrons. The van der Waals surface area contributed by atoms with Gasteiger partial charge in [0.25, 0.3) is 0 Å². The SMILES string of the molecule is CC1=C2C[C@@H](C)[C@@]3(C)CC[C@@H](N)C[C@H]3CCC[C@@H]2CC[C@]12O[C@@H]1C[C@H](C)CN(C(=O)OCc3ccccc3)[C@H]1[C@H]2C. The van der Waals surface area contributed by atoms with Gasteiger partial charge >= 0.3 is 6.09 Å². The molecule has 2 N–H and O–H groups in total. The third-order valence-corrected chi connectivity index (χ3v) is 12.7. The molecule has 2 aliphatic heterocycles. The van der Waals surface area contributed by atoms with Crippen LogP contribution in [0.25, 0.3) is 0 Å². The van der Waals surface area contributed by atoms with E-state index in [4.69, 9.17) is 15.2 Å². The minimum absolute atomic E-state index is 0.0667. The van der Waals surface area contributed by atoms with Gasteiger partial charge in [0, 0.05) is 18.5 Å². The Morgan fingerprint density at radius 1 is 1.07 bits per heavy atom. The molecule has 6 rings (SSSR count). The first-order chi connectivity index (χ1) is 19.6. The van der Waals surface area contributed by atoms with Gasteiger partial charge < -0.3 is 20.1 Å². The Bertz CT molecular complexity index is 1130. The first-order valence-corrected chi connectivity index (χ1v) is 16.7. The zero-order chi connectivity index (χ0) is 28.9. The van der Waals surface area contributed by atoms with Crippen molar-refractivity contribution in [1.82, 2.24) is 4.90 Å². The van der Waals surface area contributed by atoms with E-state index in [0.717, 1.165) is 30.9 Å². The summed E-state index contributed by atoms with van der Waals surface area (Å²) in [6.07, 6.45) is 11.9. The molecular weight excluding hydrogens is 508 g/mol. The van der Waals surface area contributed by atoms with Crippen molar-refractivity contribution in [3.05, 3.63) is 47.0 Å². The summed E-state index contributed by atoms with van der Waals surface area (Å²) in [5.74, 6) is 2.70. The number of carbonyl (C=O) groups is 1. The number of nitrogens with two attached hydrogens (primary N) is 1. The molecule has 3 aliphatic carbocycles. The number of benzene rings is 1. The summed E-state index contributed by atoms with van der Waals surface area (Å²) in [6.45, 7) is 13.2. The lowest BCUT2D eigenvalue weighted by atomic mass is 9.58. The second kappa shape index (κ2) is 11.3. The molecule has 0 bridgehead atoms. The lowest BCUT2D eigenvalue weighted by Crippen LogP contribution is -2.54. The van der Waals surface area contributed by atoms with Gasteiger partial charge in [0.05, 0.1) is 17.7 Å². The van der Waals surface area contributed by atoms with Gasteiger partial charge in [-0.15, -0.1) is 0 Å². The molecule has 2 saturated heterocycles.